The van der Waals surface area contributed by atoms with Crippen molar-refractivity contribution in [2.24, 2.45) is 0 Å². The number of benzene rings is 2. The number of nitrogens with zero attached hydrogens (tertiary/aromatic N) is 2. The predicted octanol–water partition coefficient (Wildman–Crippen LogP) is 4.18. The number of amides is 2. The molecule has 0 bridgehead atoms. The third-order valence-electron chi connectivity index (χ3n) is 5.72. The largest absolute Gasteiger partial charge is 0.354 e. The Balaban J connectivity index is 1.62. The van der Waals surface area contributed by atoms with E-state index in [-0.39, 0.29) is 23.8 Å². The molecular weight excluding hydrogens is 357 g/mol. The summed E-state index contributed by atoms with van der Waals surface area (Å²) in [7, 11) is 1.99. The first-order valence-corrected chi connectivity index (χ1v) is 9.71. The van der Waals surface area contributed by atoms with E-state index in [9.17, 15) is 14.0 Å². The molecule has 0 radical (unpaired) electrons. The summed E-state index contributed by atoms with van der Waals surface area (Å²) in [5, 5.41) is 2.81. The molecule has 0 spiro atoms. The first-order valence-electron chi connectivity index (χ1n) is 9.71. The predicted molar refractivity (Wildman–Crippen MR) is 107 cm³/mol. The molecule has 1 fully saturated rings. The van der Waals surface area contributed by atoms with Gasteiger partial charge in [0, 0.05) is 24.8 Å². The van der Waals surface area contributed by atoms with E-state index in [0.717, 1.165) is 37.9 Å². The van der Waals surface area contributed by atoms with Gasteiger partial charge in [0.1, 0.15) is 12.0 Å². The topological polar surface area (TPSA) is 52.7 Å². The monoisotopic (exact) mass is 381 g/mol. The Kier molecular flexibility index (Phi) is 4.79. The van der Waals surface area contributed by atoms with Gasteiger partial charge in [-0.25, -0.2) is 4.39 Å². The molecule has 0 unspecified atom stereocenters. The minimum Gasteiger partial charge on any atom is -0.354 e. The number of nitrogens with one attached hydrogen (secondary N) is 1. The Hall–Kier alpha value is -2.89. The zero-order chi connectivity index (χ0) is 19.8. The van der Waals surface area contributed by atoms with E-state index >= 15 is 0 Å². The zero-order valence-corrected chi connectivity index (χ0v) is 16.2. The first kappa shape index (κ1) is 18.5. The number of halogens is 1. The summed E-state index contributed by atoms with van der Waals surface area (Å²) in [6.45, 7) is 2.43. The highest BCUT2D eigenvalue weighted by Crippen LogP contribution is 2.34. The number of carbonyl (C=O) groups is 2. The highest BCUT2D eigenvalue weighted by Gasteiger charge is 2.36. The maximum atomic E-state index is 13.4. The van der Waals surface area contributed by atoms with Crippen LogP contribution >= 0.6 is 0 Å². The summed E-state index contributed by atoms with van der Waals surface area (Å²) in [5.41, 5.74) is 2.91. The minimum atomic E-state index is -0.306. The molecular formula is C22H24FN3O2. The van der Waals surface area contributed by atoms with Crippen LogP contribution in [0.5, 0.6) is 0 Å². The van der Waals surface area contributed by atoms with E-state index in [1.807, 2.05) is 11.9 Å². The van der Waals surface area contributed by atoms with Crippen molar-refractivity contribution in [3.05, 3.63) is 58.9 Å². The zero-order valence-electron chi connectivity index (χ0n) is 16.2. The van der Waals surface area contributed by atoms with Crippen LogP contribution in [0.2, 0.25) is 0 Å². The lowest BCUT2D eigenvalue weighted by Gasteiger charge is -2.43. The van der Waals surface area contributed by atoms with Crippen molar-refractivity contribution in [1.82, 2.24) is 4.90 Å². The van der Waals surface area contributed by atoms with Crippen LogP contribution in [-0.4, -0.2) is 36.5 Å². The molecule has 5 nitrogen and oxygen atoms in total. The molecule has 4 rings (SSSR count). The van der Waals surface area contributed by atoms with Crippen LogP contribution in [0.3, 0.4) is 0 Å². The van der Waals surface area contributed by atoms with Crippen molar-refractivity contribution < 1.29 is 14.0 Å². The highest BCUT2D eigenvalue weighted by atomic mass is 19.1. The first-order chi connectivity index (χ1) is 13.5. The van der Waals surface area contributed by atoms with Crippen LogP contribution in [0.4, 0.5) is 15.8 Å². The Labute approximate surface area is 164 Å². The van der Waals surface area contributed by atoms with Crippen molar-refractivity contribution in [3.8, 4) is 0 Å². The van der Waals surface area contributed by atoms with Gasteiger partial charge in [-0.3, -0.25) is 9.59 Å². The molecule has 0 saturated carbocycles. The number of aryl methyl sites for hydroxylation is 1. The Bertz CT molecular complexity index is 943. The lowest BCUT2D eigenvalue weighted by Crippen LogP contribution is -2.53. The fourth-order valence-electron chi connectivity index (χ4n) is 4.12. The van der Waals surface area contributed by atoms with Gasteiger partial charge in [-0.1, -0.05) is 6.42 Å². The van der Waals surface area contributed by atoms with Gasteiger partial charge in [0.05, 0.1) is 11.3 Å². The molecule has 146 valence electrons. The molecule has 2 aliphatic heterocycles. The molecule has 1 atom stereocenters. The van der Waals surface area contributed by atoms with Crippen molar-refractivity contribution in [1.29, 1.82) is 0 Å². The third-order valence-corrected chi connectivity index (χ3v) is 5.72. The van der Waals surface area contributed by atoms with Gasteiger partial charge in [-0.2, -0.15) is 0 Å². The van der Waals surface area contributed by atoms with Gasteiger partial charge in [-0.05, 0) is 68.1 Å². The summed E-state index contributed by atoms with van der Waals surface area (Å²) in [6, 6.07) is 9.67. The number of fused-ring (bicyclic) bond motifs is 2. The van der Waals surface area contributed by atoms with E-state index in [1.54, 1.807) is 31.2 Å². The van der Waals surface area contributed by atoms with E-state index in [2.05, 4.69) is 10.2 Å². The lowest BCUT2D eigenvalue weighted by atomic mass is 10.0. The molecule has 0 aliphatic carbocycles. The second kappa shape index (κ2) is 7.26. The fourth-order valence-corrected chi connectivity index (χ4v) is 4.12. The molecule has 28 heavy (non-hydrogen) atoms. The van der Waals surface area contributed by atoms with Gasteiger partial charge in [-0.15, -0.1) is 0 Å². The van der Waals surface area contributed by atoms with Crippen LogP contribution in [0, 0.1) is 12.7 Å². The van der Waals surface area contributed by atoms with E-state index in [4.69, 9.17) is 0 Å². The second-order valence-corrected chi connectivity index (χ2v) is 7.59. The van der Waals surface area contributed by atoms with Crippen LogP contribution in [0.1, 0.15) is 52.0 Å². The molecule has 2 aliphatic rings. The van der Waals surface area contributed by atoms with Crippen LogP contribution in [-0.2, 0) is 0 Å². The molecule has 1 N–H and O–H groups in total. The van der Waals surface area contributed by atoms with Crippen LogP contribution in [0.25, 0.3) is 0 Å². The average molecular weight is 381 g/mol. The van der Waals surface area contributed by atoms with Gasteiger partial charge in [0.2, 0.25) is 0 Å². The number of rotatable bonds is 2. The maximum absolute atomic E-state index is 13.4. The number of hydrogen-bond acceptors (Lipinski definition) is 3. The number of carbonyl (C=O) groups excluding carboxylic acids is 2. The Morgan fingerprint density at radius 3 is 2.75 bits per heavy atom. The molecule has 0 aromatic heterocycles. The van der Waals surface area contributed by atoms with Crippen molar-refractivity contribution in [2.45, 2.75) is 38.8 Å². The molecule has 2 amide bonds. The number of anilines is 2. The smallest absolute Gasteiger partial charge is 0.257 e. The third kappa shape index (κ3) is 3.23. The van der Waals surface area contributed by atoms with Gasteiger partial charge in [0.25, 0.3) is 11.8 Å². The van der Waals surface area contributed by atoms with Gasteiger partial charge in [0.15, 0.2) is 0 Å². The normalized spacial score (nSPS) is 19.0. The van der Waals surface area contributed by atoms with Gasteiger partial charge >= 0.3 is 0 Å². The fraction of sp³-hybridized carbons (Fsp3) is 0.364. The van der Waals surface area contributed by atoms with Crippen molar-refractivity contribution in [2.75, 3.05) is 23.8 Å². The van der Waals surface area contributed by atoms with Gasteiger partial charge < -0.3 is 15.1 Å². The molecule has 2 aromatic carbocycles. The Morgan fingerprint density at radius 1 is 1.14 bits per heavy atom. The summed E-state index contributed by atoms with van der Waals surface area (Å²) in [5.74, 6) is -0.543. The standard InChI is InChI=1S/C22H24FN3O2/c1-14-12-16(8-10-18(14)23)24-21(27)15-7-9-17-19(13-15)25(2)20-6-4-3-5-11-26(20)22(17)28/h7-10,12-13,20H,3-6,11H2,1-2H3,(H,24,27)/t20-/m1/s1. The molecule has 2 aromatic rings. The summed E-state index contributed by atoms with van der Waals surface area (Å²) in [4.78, 5) is 29.7. The molecule has 6 heteroatoms. The summed E-state index contributed by atoms with van der Waals surface area (Å²) in [6.07, 6.45) is 4.24. The SMILES string of the molecule is Cc1cc(NC(=O)c2ccc3c(c2)N(C)[C@H]2CCCCCN2C3=O)ccc1F. The van der Waals surface area contributed by atoms with Crippen molar-refractivity contribution in [3.63, 3.8) is 0 Å². The van der Waals surface area contributed by atoms with Crippen molar-refractivity contribution >= 4 is 23.2 Å². The Morgan fingerprint density at radius 2 is 1.96 bits per heavy atom. The van der Waals surface area contributed by atoms with E-state index in [0.29, 0.717) is 22.4 Å². The second-order valence-electron chi connectivity index (χ2n) is 7.59. The lowest BCUT2D eigenvalue weighted by molar-refractivity contribution is 0.0661. The highest BCUT2D eigenvalue weighted by molar-refractivity contribution is 6.08. The van der Waals surface area contributed by atoms with Crippen LogP contribution in [0.15, 0.2) is 36.4 Å². The summed E-state index contributed by atoms with van der Waals surface area (Å²) < 4.78 is 13.4. The molecule has 2 heterocycles. The summed E-state index contributed by atoms with van der Waals surface area (Å²) >= 11 is 0. The minimum absolute atomic E-state index is 0.0422. The average Bonchev–Trinajstić information content (AvgIpc) is 2.95. The molecule has 1 saturated heterocycles. The van der Waals surface area contributed by atoms with E-state index in [1.165, 1.54) is 12.1 Å². The van der Waals surface area contributed by atoms with E-state index < -0.39 is 0 Å². The quantitative estimate of drug-likeness (QED) is 0.849. The van der Waals surface area contributed by atoms with Crippen LogP contribution < -0.4 is 10.2 Å². The number of hydrogen-bond donors (Lipinski definition) is 1. The maximum Gasteiger partial charge on any atom is 0.257 e.